The zero-order valence-corrected chi connectivity index (χ0v) is 24.1. The molecule has 0 amide bonds. The Labute approximate surface area is 207 Å². The van der Waals surface area contributed by atoms with Gasteiger partial charge >= 0.3 is 0 Å². The molecule has 190 valence electrons. The Morgan fingerprint density at radius 2 is 1.36 bits per heavy atom. The smallest absolute Gasteiger partial charge is 0.212 e. The third-order valence-corrected chi connectivity index (χ3v) is 8.17. The second-order valence-electron chi connectivity index (χ2n) is 11.5. The third-order valence-electron chi connectivity index (χ3n) is 6.31. The van der Waals surface area contributed by atoms with Crippen LogP contribution < -0.4 is 0 Å². The average Bonchev–Trinajstić information content (AvgIpc) is 2.69. The molecule has 0 saturated heterocycles. The van der Waals surface area contributed by atoms with E-state index in [2.05, 4.69) is 67.5 Å². The van der Waals surface area contributed by atoms with Crippen LogP contribution in [0, 0.1) is 32.1 Å². The molecule has 1 rings (SSSR count). The molecule has 33 heavy (non-hydrogen) atoms. The molecule has 2 atom stereocenters. The Kier molecular flexibility index (Phi) is 14.7. The van der Waals surface area contributed by atoms with Crippen LogP contribution in [-0.2, 0) is 4.52 Å². The molecule has 0 saturated carbocycles. The van der Waals surface area contributed by atoms with Crippen LogP contribution in [0.3, 0.4) is 0 Å². The van der Waals surface area contributed by atoms with Gasteiger partial charge in [-0.25, -0.2) is 0 Å². The quantitative estimate of drug-likeness (QED) is 0.165. The van der Waals surface area contributed by atoms with Crippen LogP contribution in [-0.4, -0.2) is 18.3 Å². The van der Waals surface area contributed by atoms with Gasteiger partial charge in [0.05, 0.1) is 6.61 Å². The summed E-state index contributed by atoms with van der Waals surface area (Å²) in [6, 6.07) is 4.27. The Hall–Kier alpha value is -0.720. The van der Waals surface area contributed by atoms with Crippen molar-refractivity contribution in [2.24, 2.45) is 11.3 Å². The van der Waals surface area contributed by atoms with Gasteiger partial charge in [0.25, 0.3) is 0 Å². The first-order valence-electron chi connectivity index (χ1n) is 13.6. The highest BCUT2D eigenvalue weighted by Crippen LogP contribution is 2.44. The number of hydrogen-bond donors (Lipinski definition) is 0. The van der Waals surface area contributed by atoms with Gasteiger partial charge < -0.3 is 4.52 Å². The maximum atomic E-state index is 13.6. The molecule has 2 nitrogen and oxygen atoms in total. The molecule has 3 heteroatoms. The van der Waals surface area contributed by atoms with E-state index in [4.69, 9.17) is 4.52 Å². The van der Waals surface area contributed by atoms with E-state index < -0.39 is 8.15 Å². The Balaban J connectivity index is 2.63. The van der Waals surface area contributed by atoms with E-state index in [9.17, 15) is 4.79 Å². The Morgan fingerprint density at radius 1 is 0.879 bits per heavy atom. The predicted octanol–water partition coefficient (Wildman–Crippen LogP) is 10.2. The topological polar surface area (TPSA) is 26.3 Å². The van der Waals surface area contributed by atoms with E-state index >= 15 is 0 Å². The Bertz CT molecular complexity index is 666. The minimum absolute atomic E-state index is 0.249. The molecule has 0 spiro atoms. The zero-order valence-electron chi connectivity index (χ0n) is 23.2. The fourth-order valence-corrected chi connectivity index (χ4v) is 6.93. The number of carbonyl (C=O) groups is 1. The number of aryl methyl sites for hydroxylation is 3. The van der Waals surface area contributed by atoms with Gasteiger partial charge in [-0.3, -0.25) is 4.79 Å². The van der Waals surface area contributed by atoms with Gasteiger partial charge in [0.1, 0.15) is 8.15 Å². The van der Waals surface area contributed by atoms with Crippen LogP contribution in [0.1, 0.15) is 132 Å². The van der Waals surface area contributed by atoms with E-state index in [0.717, 1.165) is 35.7 Å². The lowest BCUT2D eigenvalue weighted by Crippen LogP contribution is -2.16. The fraction of sp³-hybridized carbons (Fsp3) is 0.767. The van der Waals surface area contributed by atoms with Crippen molar-refractivity contribution in [1.29, 1.82) is 0 Å². The number of carbonyl (C=O) groups excluding carboxylic acids is 1. The first-order valence-corrected chi connectivity index (χ1v) is 15.0. The summed E-state index contributed by atoms with van der Waals surface area (Å²) in [7, 11) is -1.09. The molecule has 0 aliphatic carbocycles. The lowest BCUT2D eigenvalue weighted by Gasteiger charge is -2.25. The van der Waals surface area contributed by atoms with Gasteiger partial charge in [-0.05, 0) is 62.2 Å². The standard InChI is InChI=1S/C30H53O2P/c1-9-10-11-12-13-14-15-16-17-18-19-33(32-23-25(3)22-30(6,7)8)29(31)28-26(4)20-24(2)21-27(28)5/h20-21,25H,9-19,22-23H2,1-8H3. The molecule has 0 heterocycles. The first-order chi connectivity index (χ1) is 15.5. The lowest BCUT2D eigenvalue weighted by molar-refractivity contribution is 0.106. The summed E-state index contributed by atoms with van der Waals surface area (Å²) < 4.78 is 6.40. The second kappa shape index (κ2) is 16.0. The molecule has 0 N–H and O–H groups in total. The largest absolute Gasteiger partial charge is 0.351 e. The maximum absolute atomic E-state index is 13.6. The minimum Gasteiger partial charge on any atom is -0.351 e. The van der Waals surface area contributed by atoms with E-state index in [1.807, 2.05) is 0 Å². The van der Waals surface area contributed by atoms with Gasteiger partial charge in [-0.15, -0.1) is 0 Å². The normalized spacial score (nSPS) is 13.8. The Morgan fingerprint density at radius 3 is 1.85 bits per heavy atom. The summed E-state index contributed by atoms with van der Waals surface area (Å²) in [6.45, 7) is 18.3. The highest BCUT2D eigenvalue weighted by Gasteiger charge is 2.25. The molecular weight excluding hydrogens is 423 g/mol. The third kappa shape index (κ3) is 13.1. The molecule has 0 bridgehead atoms. The second-order valence-corrected chi connectivity index (χ2v) is 13.4. The van der Waals surface area contributed by atoms with Crippen molar-refractivity contribution < 1.29 is 9.32 Å². The molecule has 0 fully saturated rings. The molecule has 0 radical (unpaired) electrons. The summed E-state index contributed by atoms with van der Waals surface area (Å²) in [4.78, 5) is 13.6. The number of unbranched alkanes of at least 4 members (excludes halogenated alkanes) is 9. The number of hydrogen-bond acceptors (Lipinski definition) is 2. The van der Waals surface area contributed by atoms with Crippen molar-refractivity contribution in [2.75, 3.05) is 12.8 Å². The van der Waals surface area contributed by atoms with Gasteiger partial charge in [0, 0.05) is 5.56 Å². The highest BCUT2D eigenvalue weighted by atomic mass is 31.1. The predicted molar refractivity (Wildman–Crippen MR) is 148 cm³/mol. The van der Waals surface area contributed by atoms with Crippen LogP contribution in [0.4, 0.5) is 0 Å². The molecule has 0 aliphatic rings. The van der Waals surface area contributed by atoms with E-state index in [0.29, 0.717) is 12.5 Å². The van der Waals surface area contributed by atoms with E-state index in [-0.39, 0.29) is 10.9 Å². The van der Waals surface area contributed by atoms with E-state index in [1.165, 1.54) is 63.4 Å². The van der Waals surface area contributed by atoms with Crippen molar-refractivity contribution in [1.82, 2.24) is 0 Å². The SMILES string of the molecule is CCCCCCCCCCCCP(OCC(C)CC(C)(C)C)C(=O)c1c(C)cc(C)cc1C. The van der Waals surface area contributed by atoms with Crippen LogP contribution in [0.2, 0.25) is 0 Å². The van der Waals surface area contributed by atoms with Crippen LogP contribution in [0.25, 0.3) is 0 Å². The molecule has 1 aromatic carbocycles. The monoisotopic (exact) mass is 476 g/mol. The van der Waals surface area contributed by atoms with Crippen molar-refractivity contribution in [3.8, 4) is 0 Å². The summed E-state index contributed by atoms with van der Waals surface area (Å²) in [5.74, 6) is 0.468. The molecular formula is C30H53O2P. The van der Waals surface area contributed by atoms with Gasteiger partial charge in [-0.2, -0.15) is 0 Å². The fourth-order valence-electron chi connectivity index (χ4n) is 4.93. The van der Waals surface area contributed by atoms with Crippen molar-refractivity contribution >= 4 is 13.7 Å². The lowest BCUT2D eigenvalue weighted by atomic mass is 9.86. The summed E-state index contributed by atoms with van der Waals surface area (Å²) in [5, 5.41) is 0. The average molecular weight is 477 g/mol. The van der Waals surface area contributed by atoms with E-state index in [1.54, 1.807) is 0 Å². The zero-order chi connectivity index (χ0) is 24.9. The molecule has 0 aliphatic heterocycles. The summed E-state index contributed by atoms with van der Waals surface area (Å²) >= 11 is 0. The van der Waals surface area contributed by atoms with Crippen LogP contribution >= 0.6 is 8.15 Å². The van der Waals surface area contributed by atoms with Crippen molar-refractivity contribution in [3.05, 3.63) is 34.4 Å². The van der Waals surface area contributed by atoms with Gasteiger partial charge in [0.15, 0.2) is 0 Å². The van der Waals surface area contributed by atoms with Gasteiger partial charge in [-0.1, -0.05) is 110 Å². The number of rotatable bonds is 17. The minimum atomic E-state index is -1.09. The summed E-state index contributed by atoms with van der Waals surface area (Å²) in [6.07, 6.45) is 15.2. The van der Waals surface area contributed by atoms with Crippen molar-refractivity contribution in [2.45, 2.75) is 126 Å². The highest BCUT2D eigenvalue weighted by molar-refractivity contribution is 7.71. The van der Waals surface area contributed by atoms with Crippen molar-refractivity contribution in [3.63, 3.8) is 0 Å². The maximum Gasteiger partial charge on any atom is 0.212 e. The molecule has 0 aromatic heterocycles. The molecule has 1 aromatic rings. The number of benzene rings is 1. The van der Waals surface area contributed by atoms with Crippen LogP contribution in [0.5, 0.6) is 0 Å². The summed E-state index contributed by atoms with van der Waals surface area (Å²) in [5.41, 5.74) is 4.86. The molecule has 2 unspecified atom stereocenters. The van der Waals surface area contributed by atoms with Gasteiger partial charge in [0.2, 0.25) is 5.52 Å². The first kappa shape index (κ1) is 30.3. The van der Waals surface area contributed by atoms with Crippen LogP contribution in [0.15, 0.2) is 12.1 Å².